The van der Waals surface area contributed by atoms with Crippen LogP contribution in [0.3, 0.4) is 0 Å². The summed E-state index contributed by atoms with van der Waals surface area (Å²) in [6, 6.07) is 5.83. The van der Waals surface area contributed by atoms with Gasteiger partial charge in [0, 0.05) is 17.9 Å². The SMILES string of the molecule is Cc1cccc(N)c1C#CCCS. The van der Waals surface area contributed by atoms with Gasteiger partial charge in [0.05, 0.1) is 5.56 Å². The number of aryl methyl sites for hydroxylation is 1. The van der Waals surface area contributed by atoms with Crippen molar-refractivity contribution in [3.63, 3.8) is 0 Å². The van der Waals surface area contributed by atoms with Gasteiger partial charge in [0.1, 0.15) is 0 Å². The maximum atomic E-state index is 5.78. The highest BCUT2D eigenvalue weighted by molar-refractivity contribution is 7.80. The third-order valence-corrected chi connectivity index (χ3v) is 1.98. The molecule has 2 N–H and O–H groups in total. The maximum Gasteiger partial charge on any atom is 0.0504 e. The Morgan fingerprint density at radius 3 is 2.85 bits per heavy atom. The summed E-state index contributed by atoms with van der Waals surface area (Å²) in [6.45, 7) is 2.01. The van der Waals surface area contributed by atoms with Crippen LogP contribution in [0.5, 0.6) is 0 Å². The van der Waals surface area contributed by atoms with E-state index < -0.39 is 0 Å². The lowest BCUT2D eigenvalue weighted by atomic mass is 10.1. The van der Waals surface area contributed by atoms with Crippen LogP contribution in [0.2, 0.25) is 0 Å². The molecule has 1 rings (SSSR count). The van der Waals surface area contributed by atoms with E-state index in [9.17, 15) is 0 Å². The van der Waals surface area contributed by atoms with Gasteiger partial charge in [-0.1, -0.05) is 24.0 Å². The lowest BCUT2D eigenvalue weighted by Crippen LogP contribution is -1.92. The fourth-order valence-corrected chi connectivity index (χ4v) is 1.18. The van der Waals surface area contributed by atoms with E-state index in [0.717, 1.165) is 29.0 Å². The largest absolute Gasteiger partial charge is 0.398 e. The van der Waals surface area contributed by atoms with Crippen molar-refractivity contribution in [2.45, 2.75) is 13.3 Å². The fourth-order valence-electron chi connectivity index (χ4n) is 1.07. The van der Waals surface area contributed by atoms with E-state index in [1.165, 1.54) is 0 Å². The van der Waals surface area contributed by atoms with Crippen molar-refractivity contribution in [2.75, 3.05) is 11.5 Å². The smallest absolute Gasteiger partial charge is 0.0504 e. The van der Waals surface area contributed by atoms with Gasteiger partial charge in [0.15, 0.2) is 0 Å². The van der Waals surface area contributed by atoms with Crippen LogP contribution in [-0.4, -0.2) is 5.75 Å². The van der Waals surface area contributed by atoms with Crippen LogP contribution >= 0.6 is 12.6 Å². The Balaban J connectivity index is 2.95. The van der Waals surface area contributed by atoms with Crippen LogP contribution in [-0.2, 0) is 0 Å². The van der Waals surface area contributed by atoms with Crippen LogP contribution < -0.4 is 5.73 Å². The Labute approximate surface area is 84.8 Å². The number of hydrogen-bond acceptors (Lipinski definition) is 2. The molecule has 1 nitrogen and oxygen atoms in total. The molecule has 0 aliphatic rings. The normalized spacial score (nSPS) is 9.08. The monoisotopic (exact) mass is 191 g/mol. The quantitative estimate of drug-likeness (QED) is 0.397. The third kappa shape index (κ3) is 2.71. The molecular formula is C11H13NS. The third-order valence-electron chi connectivity index (χ3n) is 1.76. The second kappa shape index (κ2) is 4.84. The molecule has 0 aliphatic heterocycles. The van der Waals surface area contributed by atoms with E-state index in [4.69, 9.17) is 5.73 Å². The number of benzene rings is 1. The van der Waals surface area contributed by atoms with Crippen molar-refractivity contribution in [2.24, 2.45) is 0 Å². The Hall–Kier alpha value is -1.07. The van der Waals surface area contributed by atoms with E-state index in [1.807, 2.05) is 25.1 Å². The first kappa shape index (κ1) is 10.0. The number of thiol groups is 1. The highest BCUT2D eigenvalue weighted by Crippen LogP contribution is 2.14. The van der Waals surface area contributed by atoms with Crippen LogP contribution in [0.1, 0.15) is 17.5 Å². The Kier molecular flexibility index (Phi) is 3.72. The number of rotatable bonds is 1. The minimum absolute atomic E-state index is 0.756. The molecular weight excluding hydrogens is 178 g/mol. The molecule has 0 fully saturated rings. The predicted octanol–water partition coefficient (Wildman–Crippen LogP) is 2.25. The lowest BCUT2D eigenvalue weighted by molar-refractivity contribution is 1.31. The fraction of sp³-hybridized carbons (Fsp3) is 0.273. The number of hydrogen-bond donors (Lipinski definition) is 2. The standard InChI is InChI=1S/C11H13NS/c1-9-5-4-7-11(12)10(9)6-2-3-8-13/h4-5,7,13H,3,8,12H2,1H3. The molecule has 0 unspecified atom stereocenters. The van der Waals surface area contributed by atoms with Crippen LogP contribution in [0.4, 0.5) is 5.69 Å². The van der Waals surface area contributed by atoms with Crippen molar-refractivity contribution in [1.82, 2.24) is 0 Å². The van der Waals surface area contributed by atoms with E-state index in [-0.39, 0.29) is 0 Å². The summed E-state index contributed by atoms with van der Waals surface area (Å²) < 4.78 is 0. The number of anilines is 1. The molecule has 0 saturated heterocycles. The molecule has 68 valence electrons. The average molecular weight is 191 g/mol. The first-order valence-electron chi connectivity index (χ1n) is 4.20. The van der Waals surface area contributed by atoms with Gasteiger partial charge in [-0.05, 0) is 18.6 Å². The molecule has 1 aromatic carbocycles. The molecule has 0 aromatic heterocycles. The second-order valence-electron chi connectivity index (χ2n) is 2.81. The topological polar surface area (TPSA) is 26.0 Å². The Morgan fingerprint density at radius 2 is 2.23 bits per heavy atom. The van der Waals surface area contributed by atoms with Crippen LogP contribution in [0.15, 0.2) is 18.2 Å². The molecule has 0 spiro atoms. The lowest BCUT2D eigenvalue weighted by Gasteiger charge is -2.00. The van der Waals surface area contributed by atoms with Crippen molar-refractivity contribution >= 4 is 18.3 Å². The predicted molar refractivity (Wildman–Crippen MR) is 60.9 cm³/mol. The van der Waals surface area contributed by atoms with Gasteiger partial charge in [0.25, 0.3) is 0 Å². The van der Waals surface area contributed by atoms with Crippen LogP contribution in [0, 0.1) is 18.8 Å². The van der Waals surface area contributed by atoms with E-state index in [2.05, 4.69) is 24.5 Å². The number of nitrogen functional groups attached to an aromatic ring is 1. The van der Waals surface area contributed by atoms with Gasteiger partial charge in [-0.2, -0.15) is 12.6 Å². The van der Waals surface area contributed by atoms with E-state index in [0.29, 0.717) is 0 Å². The van der Waals surface area contributed by atoms with Gasteiger partial charge < -0.3 is 5.73 Å². The van der Waals surface area contributed by atoms with E-state index in [1.54, 1.807) is 0 Å². The maximum absolute atomic E-state index is 5.78. The molecule has 0 atom stereocenters. The van der Waals surface area contributed by atoms with Crippen molar-refractivity contribution in [3.05, 3.63) is 29.3 Å². The van der Waals surface area contributed by atoms with Gasteiger partial charge in [0.2, 0.25) is 0 Å². The minimum Gasteiger partial charge on any atom is -0.398 e. The Bertz CT molecular complexity index is 327. The summed E-state index contributed by atoms with van der Waals surface area (Å²) in [5, 5.41) is 0. The molecule has 0 bridgehead atoms. The molecule has 0 saturated carbocycles. The zero-order chi connectivity index (χ0) is 9.68. The first-order chi connectivity index (χ1) is 6.25. The van der Waals surface area contributed by atoms with Crippen LogP contribution in [0.25, 0.3) is 0 Å². The Morgan fingerprint density at radius 1 is 1.46 bits per heavy atom. The second-order valence-corrected chi connectivity index (χ2v) is 3.26. The number of nitrogens with two attached hydrogens (primary N) is 1. The zero-order valence-corrected chi connectivity index (χ0v) is 8.57. The van der Waals surface area contributed by atoms with Crippen molar-refractivity contribution in [1.29, 1.82) is 0 Å². The summed E-state index contributed by atoms with van der Waals surface area (Å²) in [4.78, 5) is 0. The molecule has 0 heterocycles. The summed E-state index contributed by atoms with van der Waals surface area (Å²) in [5.74, 6) is 6.88. The van der Waals surface area contributed by atoms with Gasteiger partial charge in [-0.25, -0.2) is 0 Å². The summed E-state index contributed by atoms with van der Waals surface area (Å²) in [7, 11) is 0. The molecule has 0 amide bonds. The van der Waals surface area contributed by atoms with Gasteiger partial charge >= 0.3 is 0 Å². The van der Waals surface area contributed by atoms with Gasteiger partial charge in [-0.3, -0.25) is 0 Å². The molecule has 1 aromatic rings. The highest BCUT2D eigenvalue weighted by Gasteiger charge is 1.97. The summed E-state index contributed by atoms with van der Waals surface area (Å²) in [6.07, 6.45) is 0.802. The molecule has 0 radical (unpaired) electrons. The molecule has 0 aliphatic carbocycles. The van der Waals surface area contributed by atoms with Crippen molar-refractivity contribution in [3.8, 4) is 11.8 Å². The average Bonchev–Trinajstić information content (AvgIpc) is 2.10. The molecule has 13 heavy (non-hydrogen) atoms. The van der Waals surface area contributed by atoms with Gasteiger partial charge in [-0.15, -0.1) is 0 Å². The highest BCUT2D eigenvalue weighted by atomic mass is 32.1. The van der Waals surface area contributed by atoms with Crippen molar-refractivity contribution < 1.29 is 0 Å². The summed E-state index contributed by atoms with van der Waals surface area (Å²) in [5.41, 5.74) is 8.62. The summed E-state index contributed by atoms with van der Waals surface area (Å²) >= 11 is 4.09. The minimum atomic E-state index is 0.756. The first-order valence-corrected chi connectivity index (χ1v) is 4.83. The molecule has 2 heteroatoms. The zero-order valence-electron chi connectivity index (χ0n) is 7.67. The van der Waals surface area contributed by atoms with E-state index >= 15 is 0 Å².